The summed E-state index contributed by atoms with van der Waals surface area (Å²) < 4.78 is 12.9. The Morgan fingerprint density at radius 1 is 1.50 bits per heavy atom. The van der Waals surface area contributed by atoms with Crippen molar-refractivity contribution in [2.45, 2.75) is 13.0 Å². The fourth-order valence-corrected chi connectivity index (χ4v) is 1.14. The standard InChI is InChI=1S/C11H13FO2/c1-3-7(2)11(14)8-4-5-10(13)9(12)6-8/h3-7,11,13-14H,1H2,2H3/t7-,11-/m1/s1. The molecule has 0 saturated carbocycles. The van der Waals surface area contributed by atoms with E-state index in [0.717, 1.165) is 6.07 Å². The van der Waals surface area contributed by atoms with Crippen LogP contribution >= 0.6 is 0 Å². The molecule has 0 spiro atoms. The van der Waals surface area contributed by atoms with Crippen LogP contribution in [0.15, 0.2) is 30.9 Å². The highest BCUT2D eigenvalue weighted by atomic mass is 19.1. The molecule has 2 atom stereocenters. The maximum Gasteiger partial charge on any atom is 0.165 e. The minimum Gasteiger partial charge on any atom is -0.505 e. The first-order chi connectivity index (χ1) is 6.56. The Hall–Kier alpha value is -1.35. The summed E-state index contributed by atoms with van der Waals surface area (Å²) in [6, 6.07) is 3.84. The molecule has 0 aliphatic rings. The van der Waals surface area contributed by atoms with E-state index in [4.69, 9.17) is 5.11 Å². The number of phenolic OH excluding ortho intramolecular Hbond substituents is 1. The van der Waals surface area contributed by atoms with Gasteiger partial charge in [0, 0.05) is 5.92 Å². The van der Waals surface area contributed by atoms with Crippen LogP contribution in [0.5, 0.6) is 5.75 Å². The zero-order chi connectivity index (χ0) is 10.7. The molecule has 0 amide bonds. The highest BCUT2D eigenvalue weighted by Crippen LogP contribution is 2.25. The fourth-order valence-electron chi connectivity index (χ4n) is 1.14. The normalized spacial score (nSPS) is 14.8. The van der Waals surface area contributed by atoms with Gasteiger partial charge in [-0.15, -0.1) is 6.58 Å². The monoisotopic (exact) mass is 196 g/mol. The first-order valence-electron chi connectivity index (χ1n) is 4.35. The molecule has 3 heteroatoms. The topological polar surface area (TPSA) is 40.5 Å². The molecular weight excluding hydrogens is 183 g/mol. The average molecular weight is 196 g/mol. The number of benzene rings is 1. The molecule has 0 unspecified atom stereocenters. The Kier molecular flexibility index (Phi) is 3.25. The van der Waals surface area contributed by atoms with Crippen LogP contribution < -0.4 is 0 Å². The van der Waals surface area contributed by atoms with Crippen LogP contribution in [0.2, 0.25) is 0 Å². The summed E-state index contributed by atoms with van der Waals surface area (Å²) >= 11 is 0. The predicted molar refractivity (Wildman–Crippen MR) is 52.4 cm³/mol. The minimum absolute atomic E-state index is 0.154. The van der Waals surface area contributed by atoms with Crippen molar-refractivity contribution in [3.63, 3.8) is 0 Å². The van der Waals surface area contributed by atoms with Gasteiger partial charge < -0.3 is 10.2 Å². The number of rotatable bonds is 3. The summed E-state index contributed by atoms with van der Waals surface area (Å²) in [6.07, 6.45) is 0.803. The zero-order valence-corrected chi connectivity index (χ0v) is 7.94. The van der Waals surface area contributed by atoms with E-state index in [1.807, 2.05) is 0 Å². The first kappa shape index (κ1) is 10.7. The number of aliphatic hydroxyl groups excluding tert-OH is 1. The smallest absolute Gasteiger partial charge is 0.165 e. The Morgan fingerprint density at radius 2 is 2.14 bits per heavy atom. The third-order valence-corrected chi connectivity index (χ3v) is 2.18. The molecule has 1 rings (SSSR count). The van der Waals surface area contributed by atoms with Gasteiger partial charge in [0.2, 0.25) is 0 Å². The van der Waals surface area contributed by atoms with Crippen molar-refractivity contribution in [3.05, 3.63) is 42.2 Å². The van der Waals surface area contributed by atoms with Crippen LogP contribution in [0.4, 0.5) is 4.39 Å². The lowest BCUT2D eigenvalue weighted by Gasteiger charge is -2.15. The van der Waals surface area contributed by atoms with E-state index in [1.54, 1.807) is 13.0 Å². The fraction of sp³-hybridized carbons (Fsp3) is 0.273. The second-order valence-corrected chi connectivity index (χ2v) is 3.25. The molecule has 14 heavy (non-hydrogen) atoms. The molecular formula is C11H13FO2. The average Bonchev–Trinajstić information content (AvgIpc) is 2.20. The zero-order valence-electron chi connectivity index (χ0n) is 7.94. The molecule has 1 aromatic carbocycles. The van der Waals surface area contributed by atoms with Crippen molar-refractivity contribution >= 4 is 0 Å². The van der Waals surface area contributed by atoms with E-state index < -0.39 is 17.7 Å². The van der Waals surface area contributed by atoms with Gasteiger partial charge in [-0.3, -0.25) is 0 Å². The Bertz CT molecular complexity index is 336. The van der Waals surface area contributed by atoms with Crippen LogP contribution in [0.3, 0.4) is 0 Å². The molecule has 0 bridgehead atoms. The summed E-state index contributed by atoms with van der Waals surface area (Å²) in [5.41, 5.74) is 0.438. The van der Waals surface area contributed by atoms with Crippen LogP contribution in [0.25, 0.3) is 0 Å². The molecule has 0 fully saturated rings. The minimum atomic E-state index is -0.789. The number of hydrogen-bond acceptors (Lipinski definition) is 2. The van der Waals surface area contributed by atoms with Gasteiger partial charge in [-0.05, 0) is 17.7 Å². The molecule has 0 aliphatic carbocycles. The summed E-state index contributed by atoms with van der Waals surface area (Å²) in [5, 5.41) is 18.6. The Labute approximate surface area is 82.3 Å². The van der Waals surface area contributed by atoms with Gasteiger partial charge in [0.1, 0.15) is 0 Å². The molecule has 0 heterocycles. The van der Waals surface area contributed by atoms with Gasteiger partial charge in [-0.2, -0.15) is 0 Å². The number of phenols is 1. The number of aliphatic hydroxyl groups is 1. The molecule has 0 saturated heterocycles. The van der Waals surface area contributed by atoms with E-state index >= 15 is 0 Å². The van der Waals surface area contributed by atoms with Gasteiger partial charge in [-0.25, -0.2) is 4.39 Å². The SMILES string of the molecule is C=C[C@@H](C)[C@@H](O)c1ccc(O)c(F)c1. The van der Waals surface area contributed by atoms with Gasteiger partial charge in [0.15, 0.2) is 11.6 Å². The highest BCUT2D eigenvalue weighted by Gasteiger charge is 2.14. The van der Waals surface area contributed by atoms with Gasteiger partial charge in [0.25, 0.3) is 0 Å². The van der Waals surface area contributed by atoms with Gasteiger partial charge in [-0.1, -0.05) is 19.1 Å². The van der Waals surface area contributed by atoms with E-state index in [1.165, 1.54) is 12.1 Å². The van der Waals surface area contributed by atoms with Crippen molar-refractivity contribution in [1.29, 1.82) is 0 Å². The summed E-state index contributed by atoms with van der Waals surface area (Å²) in [4.78, 5) is 0. The largest absolute Gasteiger partial charge is 0.505 e. The number of halogens is 1. The first-order valence-corrected chi connectivity index (χ1v) is 4.35. The van der Waals surface area contributed by atoms with Crippen LogP contribution in [0, 0.1) is 11.7 Å². The van der Waals surface area contributed by atoms with E-state index in [2.05, 4.69) is 6.58 Å². The molecule has 1 aromatic rings. The number of hydrogen-bond donors (Lipinski definition) is 2. The Morgan fingerprint density at radius 3 is 2.64 bits per heavy atom. The van der Waals surface area contributed by atoms with E-state index in [-0.39, 0.29) is 5.92 Å². The number of aromatic hydroxyl groups is 1. The summed E-state index contributed by atoms with van der Waals surface area (Å²) in [5.74, 6) is -1.29. The van der Waals surface area contributed by atoms with Crippen LogP contribution in [0.1, 0.15) is 18.6 Å². The maximum absolute atomic E-state index is 12.9. The van der Waals surface area contributed by atoms with Crippen molar-refractivity contribution in [3.8, 4) is 5.75 Å². The summed E-state index contributed by atoms with van der Waals surface area (Å²) in [7, 11) is 0. The quantitative estimate of drug-likeness (QED) is 0.729. The van der Waals surface area contributed by atoms with Crippen LogP contribution in [-0.4, -0.2) is 10.2 Å². The highest BCUT2D eigenvalue weighted by molar-refractivity contribution is 5.29. The van der Waals surface area contributed by atoms with E-state index in [0.29, 0.717) is 5.56 Å². The van der Waals surface area contributed by atoms with Gasteiger partial charge in [0.05, 0.1) is 6.10 Å². The second-order valence-electron chi connectivity index (χ2n) is 3.25. The lowest BCUT2D eigenvalue weighted by Crippen LogP contribution is -2.06. The lowest BCUT2D eigenvalue weighted by atomic mass is 9.97. The van der Waals surface area contributed by atoms with Crippen molar-refractivity contribution in [2.75, 3.05) is 0 Å². The van der Waals surface area contributed by atoms with Crippen LogP contribution in [-0.2, 0) is 0 Å². The molecule has 0 aromatic heterocycles. The summed E-state index contributed by atoms with van der Waals surface area (Å²) in [6.45, 7) is 5.32. The third-order valence-electron chi connectivity index (χ3n) is 2.18. The molecule has 0 aliphatic heterocycles. The molecule has 2 nitrogen and oxygen atoms in total. The maximum atomic E-state index is 12.9. The van der Waals surface area contributed by atoms with Crippen molar-refractivity contribution < 1.29 is 14.6 Å². The van der Waals surface area contributed by atoms with E-state index in [9.17, 15) is 9.50 Å². The van der Waals surface area contributed by atoms with Gasteiger partial charge >= 0.3 is 0 Å². The second kappa shape index (κ2) is 4.24. The molecule has 76 valence electrons. The molecule has 0 radical (unpaired) electrons. The Balaban J connectivity index is 2.96. The predicted octanol–water partition coefficient (Wildman–Crippen LogP) is 2.39. The third kappa shape index (κ3) is 2.12. The van der Waals surface area contributed by atoms with Crippen molar-refractivity contribution in [2.24, 2.45) is 5.92 Å². The molecule has 2 N–H and O–H groups in total. The van der Waals surface area contributed by atoms with Crippen molar-refractivity contribution in [1.82, 2.24) is 0 Å². The lowest BCUT2D eigenvalue weighted by molar-refractivity contribution is 0.139.